The summed E-state index contributed by atoms with van der Waals surface area (Å²) >= 11 is 5.89. The van der Waals surface area contributed by atoms with Gasteiger partial charge in [0.2, 0.25) is 15.9 Å². The number of piperidine rings is 1. The van der Waals surface area contributed by atoms with E-state index in [-0.39, 0.29) is 33.9 Å². The maximum atomic E-state index is 12.7. The van der Waals surface area contributed by atoms with Crippen molar-refractivity contribution < 1.29 is 13.2 Å². The van der Waals surface area contributed by atoms with Crippen molar-refractivity contribution in [2.75, 3.05) is 20.1 Å². The molecule has 1 aliphatic rings. The molecule has 3 N–H and O–H groups in total. The first kappa shape index (κ1) is 19.2. The molecule has 1 amide bonds. The van der Waals surface area contributed by atoms with Crippen LogP contribution < -0.4 is 11.1 Å². The number of carbonyl (C=O) groups is 1. The van der Waals surface area contributed by atoms with E-state index in [4.69, 9.17) is 17.3 Å². The van der Waals surface area contributed by atoms with Gasteiger partial charge >= 0.3 is 0 Å². The van der Waals surface area contributed by atoms with Gasteiger partial charge in [0, 0.05) is 29.7 Å². The fourth-order valence-electron chi connectivity index (χ4n) is 2.40. The zero-order valence-corrected chi connectivity index (χ0v) is 14.5. The Bertz CT molecular complexity index is 652. The number of rotatable bonds is 4. The molecule has 0 bridgehead atoms. The minimum atomic E-state index is -3.68. The van der Waals surface area contributed by atoms with Gasteiger partial charge in [0.1, 0.15) is 0 Å². The predicted octanol–water partition coefficient (Wildman–Crippen LogP) is 1.23. The number of carbonyl (C=O) groups excluding carboxylic acids is 1. The Balaban J connectivity index is 0.00000242. The second-order valence-electron chi connectivity index (χ2n) is 5.03. The summed E-state index contributed by atoms with van der Waals surface area (Å²) in [6.45, 7) is 0.857. The van der Waals surface area contributed by atoms with Crippen LogP contribution in [0.3, 0.4) is 0 Å². The summed E-state index contributed by atoms with van der Waals surface area (Å²) in [6, 6.07) is 4.09. The molecule has 9 heteroatoms. The van der Waals surface area contributed by atoms with Gasteiger partial charge in [-0.15, -0.1) is 12.4 Å². The summed E-state index contributed by atoms with van der Waals surface area (Å²) in [5, 5.41) is 3.27. The molecular formula is C13H19Cl2N3O3S. The molecule has 1 fully saturated rings. The average Bonchev–Trinajstić information content (AvgIpc) is 2.46. The van der Waals surface area contributed by atoms with Gasteiger partial charge in [0.25, 0.3) is 0 Å². The molecule has 1 aromatic rings. The normalized spacial score (nSPS) is 19.5. The molecular weight excluding hydrogens is 349 g/mol. The van der Waals surface area contributed by atoms with E-state index in [0.717, 1.165) is 12.8 Å². The number of benzene rings is 1. The van der Waals surface area contributed by atoms with Gasteiger partial charge in [0.05, 0.1) is 4.90 Å². The Morgan fingerprint density at radius 1 is 1.41 bits per heavy atom. The second-order valence-corrected chi connectivity index (χ2v) is 7.41. The van der Waals surface area contributed by atoms with Crippen LogP contribution >= 0.6 is 24.0 Å². The third-order valence-corrected chi connectivity index (χ3v) is 5.65. The topological polar surface area (TPSA) is 92.5 Å². The molecule has 1 aliphatic heterocycles. The highest BCUT2D eigenvalue weighted by Gasteiger charge is 2.30. The van der Waals surface area contributed by atoms with Crippen LogP contribution in [0.4, 0.5) is 0 Å². The number of nitrogens with zero attached hydrogens (tertiary/aromatic N) is 1. The lowest BCUT2D eigenvalue weighted by Crippen LogP contribution is -2.46. The predicted molar refractivity (Wildman–Crippen MR) is 88.1 cm³/mol. The minimum Gasteiger partial charge on any atom is -0.366 e. The molecule has 0 aromatic heterocycles. The summed E-state index contributed by atoms with van der Waals surface area (Å²) in [7, 11) is -1.87. The zero-order chi connectivity index (χ0) is 15.6. The van der Waals surface area contributed by atoms with E-state index in [2.05, 4.69) is 5.32 Å². The van der Waals surface area contributed by atoms with E-state index in [1.165, 1.54) is 22.5 Å². The summed E-state index contributed by atoms with van der Waals surface area (Å²) in [4.78, 5) is 11.3. The SMILES string of the molecule is CNC1CCCN(S(=O)(=O)c2cc(Cl)cc(C(N)=O)c2)C1.Cl. The highest BCUT2D eigenvalue weighted by molar-refractivity contribution is 7.89. The largest absolute Gasteiger partial charge is 0.366 e. The standard InChI is InChI=1S/C13H18ClN3O3S.ClH/c1-16-11-3-2-4-17(8-11)21(19,20)12-6-9(13(15)18)5-10(14)7-12;/h5-7,11,16H,2-4,8H2,1H3,(H2,15,18);1H. The van der Waals surface area contributed by atoms with Crippen LogP contribution in [-0.2, 0) is 10.0 Å². The minimum absolute atomic E-state index is 0. The van der Waals surface area contributed by atoms with Crippen molar-refractivity contribution in [3.8, 4) is 0 Å². The number of amides is 1. The highest BCUT2D eigenvalue weighted by atomic mass is 35.5. The molecule has 0 saturated carbocycles. The molecule has 22 heavy (non-hydrogen) atoms. The fourth-order valence-corrected chi connectivity index (χ4v) is 4.29. The molecule has 1 heterocycles. The van der Waals surface area contributed by atoms with E-state index < -0.39 is 15.9 Å². The summed E-state index contributed by atoms with van der Waals surface area (Å²) in [5.41, 5.74) is 5.29. The van der Waals surface area contributed by atoms with Gasteiger partial charge in [0.15, 0.2) is 0 Å². The maximum Gasteiger partial charge on any atom is 0.248 e. The van der Waals surface area contributed by atoms with Crippen molar-refractivity contribution in [3.05, 3.63) is 28.8 Å². The van der Waals surface area contributed by atoms with E-state index in [1.807, 2.05) is 7.05 Å². The van der Waals surface area contributed by atoms with Gasteiger partial charge < -0.3 is 11.1 Å². The van der Waals surface area contributed by atoms with Crippen molar-refractivity contribution in [2.24, 2.45) is 5.73 Å². The first-order chi connectivity index (χ1) is 9.84. The second kappa shape index (κ2) is 7.61. The van der Waals surface area contributed by atoms with Gasteiger partial charge in [-0.05, 0) is 38.1 Å². The third-order valence-electron chi connectivity index (χ3n) is 3.59. The van der Waals surface area contributed by atoms with Crippen LogP contribution in [-0.4, -0.2) is 44.8 Å². The lowest BCUT2D eigenvalue weighted by atomic mass is 10.1. The van der Waals surface area contributed by atoms with Crippen LogP contribution in [0.1, 0.15) is 23.2 Å². The number of hydrogen-bond acceptors (Lipinski definition) is 4. The molecule has 0 radical (unpaired) electrons. The zero-order valence-electron chi connectivity index (χ0n) is 12.1. The summed E-state index contributed by atoms with van der Waals surface area (Å²) in [6.07, 6.45) is 1.72. The summed E-state index contributed by atoms with van der Waals surface area (Å²) < 4.78 is 26.7. The number of sulfonamides is 1. The molecule has 0 spiro atoms. The number of nitrogens with two attached hydrogens (primary N) is 1. The Morgan fingerprint density at radius 3 is 2.68 bits per heavy atom. The average molecular weight is 368 g/mol. The van der Waals surface area contributed by atoms with E-state index in [9.17, 15) is 13.2 Å². The van der Waals surface area contributed by atoms with E-state index in [1.54, 1.807) is 0 Å². The smallest absolute Gasteiger partial charge is 0.248 e. The quantitative estimate of drug-likeness (QED) is 0.836. The molecule has 0 aliphatic carbocycles. The van der Waals surface area contributed by atoms with Crippen LogP contribution in [0.2, 0.25) is 5.02 Å². The van der Waals surface area contributed by atoms with Crippen molar-refractivity contribution in [1.29, 1.82) is 0 Å². The molecule has 1 unspecified atom stereocenters. The van der Waals surface area contributed by atoms with Gasteiger partial charge in [-0.3, -0.25) is 4.79 Å². The molecule has 1 saturated heterocycles. The molecule has 124 valence electrons. The Kier molecular flexibility index (Phi) is 6.64. The fraction of sp³-hybridized carbons (Fsp3) is 0.462. The van der Waals surface area contributed by atoms with Gasteiger partial charge in [-0.2, -0.15) is 4.31 Å². The maximum absolute atomic E-state index is 12.7. The lowest BCUT2D eigenvalue weighted by molar-refractivity contribution is 0.1000. The monoisotopic (exact) mass is 367 g/mol. The third kappa shape index (κ3) is 4.11. The van der Waals surface area contributed by atoms with Crippen LogP contribution in [0, 0.1) is 0 Å². The number of halogens is 2. The van der Waals surface area contributed by atoms with Crippen molar-refractivity contribution in [1.82, 2.24) is 9.62 Å². The van der Waals surface area contributed by atoms with Gasteiger partial charge in [-0.1, -0.05) is 11.6 Å². The van der Waals surface area contributed by atoms with E-state index in [0.29, 0.717) is 13.1 Å². The molecule has 6 nitrogen and oxygen atoms in total. The highest BCUT2D eigenvalue weighted by Crippen LogP contribution is 2.24. The van der Waals surface area contributed by atoms with E-state index >= 15 is 0 Å². The summed E-state index contributed by atoms with van der Waals surface area (Å²) in [5.74, 6) is -0.708. The molecule has 1 atom stereocenters. The number of hydrogen-bond donors (Lipinski definition) is 2. The van der Waals surface area contributed by atoms with Crippen LogP contribution in [0.5, 0.6) is 0 Å². The Morgan fingerprint density at radius 2 is 2.09 bits per heavy atom. The number of primary amides is 1. The first-order valence-corrected chi connectivity index (χ1v) is 8.44. The Hall–Kier alpha value is -0.860. The van der Waals surface area contributed by atoms with Crippen molar-refractivity contribution >= 4 is 39.9 Å². The molecule has 1 aromatic carbocycles. The Labute approximate surface area is 141 Å². The number of likely N-dealkylation sites (N-methyl/N-ethyl adjacent to an activating group) is 1. The first-order valence-electron chi connectivity index (χ1n) is 6.62. The van der Waals surface area contributed by atoms with Crippen LogP contribution in [0.25, 0.3) is 0 Å². The molecule has 2 rings (SSSR count). The van der Waals surface area contributed by atoms with Gasteiger partial charge in [-0.25, -0.2) is 8.42 Å². The number of nitrogens with one attached hydrogen (secondary N) is 1. The van der Waals surface area contributed by atoms with Crippen molar-refractivity contribution in [3.63, 3.8) is 0 Å². The van der Waals surface area contributed by atoms with Crippen LogP contribution in [0.15, 0.2) is 23.1 Å². The lowest BCUT2D eigenvalue weighted by Gasteiger charge is -2.31. The van der Waals surface area contributed by atoms with Crippen molar-refractivity contribution in [2.45, 2.75) is 23.8 Å².